The van der Waals surface area contributed by atoms with Gasteiger partial charge in [0.15, 0.2) is 0 Å². The highest BCUT2D eigenvalue weighted by molar-refractivity contribution is 6.03. The lowest BCUT2D eigenvalue weighted by atomic mass is 10.1. The van der Waals surface area contributed by atoms with Gasteiger partial charge in [-0.25, -0.2) is 9.97 Å². The fourth-order valence-corrected chi connectivity index (χ4v) is 2.60. The predicted octanol–water partition coefficient (Wildman–Crippen LogP) is 3.70. The molecular formula is C21H22N4O2. The Kier molecular flexibility index (Phi) is 5.99. The third-order valence-electron chi connectivity index (χ3n) is 4.02. The van der Waals surface area contributed by atoms with Gasteiger partial charge in [0.25, 0.3) is 5.91 Å². The van der Waals surface area contributed by atoms with E-state index in [1.807, 2.05) is 55.5 Å². The molecule has 0 saturated heterocycles. The van der Waals surface area contributed by atoms with Crippen LogP contribution < -0.4 is 15.4 Å². The Bertz CT molecular complexity index is 910. The molecule has 3 rings (SSSR count). The summed E-state index contributed by atoms with van der Waals surface area (Å²) in [6, 6.07) is 17.1. The van der Waals surface area contributed by atoms with Crippen molar-refractivity contribution in [3.63, 3.8) is 0 Å². The zero-order valence-electron chi connectivity index (χ0n) is 15.4. The molecular weight excluding hydrogens is 340 g/mol. The lowest BCUT2D eigenvalue weighted by molar-refractivity contribution is 0.102. The number of hydrogen-bond acceptors (Lipinski definition) is 5. The molecule has 6 heteroatoms. The summed E-state index contributed by atoms with van der Waals surface area (Å²) in [6.07, 6.45) is 2.39. The van der Waals surface area contributed by atoms with E-state index in [0.717, 1.165) is 23.4 Å². The van der Waals surface area contributed by atoms with E-state index in [0.29, 0.717) is 18.2 Å². The number of aromatic nitrogens is 2. The molecule has 3 aromatic rings. The van der Waals surface area contributed by atoms with Crippen molar-refractivity contribution in [3.05, 3.63) is 77.6 Å². The monoisotopic (exact) mass is 362 g/mol. The second-order valence-electron chi connectivity index (χ2n) is 6.11. The topological polar surface area (TPSA) is 76.1 Å². The fraction of sp³-hybridized carbons (Fsp3) is 0.190. The van der Waals surface area contributed by atoms with Crippen LogP contribution in [0.5, 0.6) is 5.75 Å². The van der Waals surface area contributed by atoms with Crippen LogP contribution in [0.1, 0.15) is 21.6 Å². The van der Waals surface area contributed by atoms with Crippen molar-refractivity contribution >= 4 is 17.5 Å². The summed E-state index contributed by atoms with van der Waals surface area (Å²) in [5, 5.41) is 6.01. The van der Waals surface area contributed by atoms with E-state index in [1.54, 1.807) is 19.4 Å². The highest BCUT2D eigenvalue weighted by Gasteiger charge is 2.09. The minimum absolute atomic E-state index is 0.263. The molecule has 2 aromatic carbocycles. The highest BCUT2D eigenvalue weighted by Crippen LogP contribution is 2.13. The van der Waals surface area contributed by atoms with Gasteiger partial charge in [-0.2, -0.15) is 0 Å². The summed E-state index contributed by atoms with van der Waals surface area (Å²) in [7, 11) is 1.65. The number of ether oxygens (including phenoxy) is 1. The Balaban J connectivity index is 1.57. The van der Waals surface area contributed by atoms with E-state index < -0.39 is 0 Å². The molecule has 1 amide bonds. The van der Waals surface area contributed by atoms with Crippen LogP contribution in [0.2, 0.25) is 0 Å². The third-order valence-corrected chi connectivity index (χ3v) is 4.02. The van der Waals surface area contributed by atoms with Crippen LogP contribution >= 0.6 is 0 Å². The van der Waals surface area contributed by atoms with Crippen LogP contribution in [-0.2, 0) is 6.42 Å². The second kappa shape index (κ2) is 8.80. The van der Waals surface area contributed by atoms with E-state index in [2.05, 4.69) is 20.6 Å². The van der Waals surface area contributed by atoms with Gasteiger partial charge in [-0.3, -0.25) is 4.79 Å². The van der Waals surface area contributed by atoms with Crippen molar-refractivity contribution < 1.29 is 9.53 Å². The van der Waals surface area contributed by atoms with E-state index in [4.69, 9.17) is 4.74 Å². The predicted molar refractivity (Wildman–Crippen MR) is 106 cm³/mol. The molecule has 0 aliphatic heterocycles. The summed E-state index contributed by atoms with van der Waals surface area (Å²) in [6.45, 7) is 2.64. The first kappa shape index (κ1) is 18.4. The number of rotatable bonds is 7. The molecule has 0 aliphatic rings. The first-order valence-corrected chi connectivity index (χ1v) is 8.72. The summed E-state index contributed by atoms with van der Waals surface area (Å²) >= 11 is 0. The Morgan fingerprint density at radius 1 is 1.11 bits per heavy atom. The Labute approximate surface area is 158 Å². The van der Waals surface area contributed by atoms with Gasteiger partial charge in [-0.05, 0) is 54.8 Å². The Hall–Kier alpha value is -3.41. The first-order chi connectivity index (χ1) is 13.1. The average Bonchev–Trinajstić information content (AvgIpc) is 2.69. The Morgan fingerprint density at radius 3 is 2.67 bits per heavy atom. The quantitative estimate of drug-likeness (QED) is 0.670. The molecule has 138 valence electrons. The van der Waals surface area contributed by atoms with Crippen molar-refractivity contribution in [1.82, 2.24) is 9.97 Å². The van der Waals surface area contributed by atoms with Crippen LogP contribution in [0.4, 0.5) is 11.6 Å². The minimum Gasteiger partial charge on any atom is -0.497 e. The van der Waals surface area contributed by atoms with Crippen LogP contribution in [0.3, 0.4) is 0 Å². The van der Waals surface area contributed by atoms with E-state index in [-0.39, 0.29) is 5.91 Å². The van der Waals surface area contributed by atoms with Crippen LogP contribution in [0.25, 0.3) is 0 Å². The molecule has 0 unspecified atom stereocenters. The summed E-state index contributed by atoms with van der Waals surface area (Å²) < 4.78 is 5.15. The molecule has 1 heterocycles. The van der Waals surface area contributed by atoms with Gasteiger partial charge < -0.3 is 15.4 Å². The van der Waals surface area contributed by atoms with Gasteiger partial charge in [0.2, 0.25) is 5.95 Å². The normalized spacial score (nSPS) is 10.3. The molecule has 1 aromatic heterocycles. The van der Waals surface area contributed by atoms with E-state index >= 15 is 0 Å². The van der Waals surface area contributed by atoms with Gasteiger partial charge in [-0.1, -0.05) is 24.3 Å². The molecule has 27 heavy (non-hydrogen) atoms. The second-order valence-corrected chi connectivity index (χ2v) is 6.11. The smallest absolute Gasteiger partial charge is 0.274 e. The zero-order valence-corrected chi connectivity index (χ0v) is 15.4. The van der Waals surface area contributed by atoms with Gasteiger partial charge in [0.1, 0.15) is 11.4 Å². The molecule has 0 atom stereocenters. The van der Waals surface area contributed by atoms with E-state index in [9.17, 15) is 4.79 Å². The number of nitrogens with zero attached hydrogens (tertiary/aromatic N) is 2. The van der Waals surface area contributed by atoms with Gasteiger partial charge >= 0.3 is 0 Å². The molecule has 0 radical (unpaired) electrons. The Morgan fingerprint density at radius 2 is 1.93 bits per heavy atom. The SMILES string of the molecule is COc1ccc(CCNc2nccc(C(=O)Nc3cccc(C)c3)n2)cc1. The van der Waals surface area contributed by atoms with Crippen molar-refractivity contribution in [3.8, 4) is 5.75 Å². The van der Waals surface area contributed by atoms with Crippen LogP contribution in [0.15, 0.2) is 60.8 Å². The summed E-state index contributed by atoms with van der Waals surface area (Å²) in [5.41, 5.74) is 3.32. The van der Waals surface area contributed by atoms with Gasteiger partial charge in [-0.15, -0.1) is 0 Å². The number of aryl methyl sites for hydroxylation is 1. The standard InChI is InChI=1S/C21H22N4O2/c1-15-4-3-5-17(14-15)24-20(26)19-11-13-23-21(25-19)22-12-10-16-6-8-18(27-2)9-7-16/h3-9,11,13-14H,10,12H2,1-2H3,(H,24,26)(H,22,23,25). The number of anilines is 2. The zero-order chi connectivity index (χ0) is 19.1. The number of benzene rings is 2. The number of carbonyl (C=O) groups is 1. The lowest BCUT2D eigenvalue weighted by Gasteiger charge is -2.08. The maximum atomic E-state index is 12.4. The lowest BCUT2D eigenvalue weighted by Crippen LogP contribution is -2.16. The number of amides is 1. The van der Waals surface area contributed by atoms with E-state index in [1.165, 1.54) is 5.56 Å². The molecule has 2 N–H and O–H groups in total. The van der Waals surface area contributed by atoms with Gasteiger partial charge in [0, 0.05) is 18.4 Å². The maximum absolute atomic E-state index is 12.4. The number of carbonyl (C=O) groups excluding carboxylic acids is 1. The molecule has 0 fully saturated rings. The highest BCUT2D eigenvalue weighted by atomic mass is 16.5. The third kappa shape index (κ3) is 5.28. The maximum Gasteiger partial charge on any atom is 0.274 e. The summed E-state index contributed by atoms with van der Waals surface area (Å²) in [5.74, 6) is 1.00. The fourth-order valence-electron chi connectivity index (χ4n) is 2.60. The molecule has 0 aliphatic carbocycles. The van der Waals surface area contributed by atoms with Crippen molar-refractivity contribution in [2.24, 2.45) is 0 Å². The van der Waals surface area contributed by atoms with Crippen molar-refractivity contribution in [2.75, 3.05) is 24.3 Å². The minimum atomic E-state index is -0.263. The number of methoxy groups -OCH3 is 1. The largest absolute Gasteiger partial charge is 0.497 e. The first-order valence-electron chi connectivity index (χ1n) is 8.72. The molecule has 0 saturated carbocycles. The average molecular weight is 362 g/mol. The number of nitrogens with one attached hydrogen (secondary N) is 2. The molecule has 0 bridgehead atoms. The molecule has 0 spiro atoms. The molecule has 6 nitrogen and oxygen atoms in total. The van der Waals surface area contributed by atoms with Gasteiger partial charge in [0.05, 0.1) is 7.11 Å². The van der Waals surface area contributed by atoms with Crippen molar-refractivity contribution in [2.45, 2.75) is 13.3 Å². The van der Waals surface area contributed by atoms with Crippen LogP contribution in [0, 0.1) is 6.92 Å². The number of hydrogen-bond donors (Lipinski definition) is 2. The van der Waals surface area contributed by atoms with Crippen LogP contribution in [-0.4, -0.2) is 29.5 Å². The summed E-state index contributed by atoms with van der Waals surface area (Å²) in [4.78, 5) is 20.9. The van der Waals surface area contributed by atoms with Crippen molar-refractivity contribution in [1.29, 1.82) is 0 Å².